The van der Waals surface area contributed by atoms with Crippen LogP contribution in [0.3, 0.4) is 0 Å². The van der Waals surface area contributed by atoms with E-state index in [9.17, 15) is 4.79 Å². The summed E-state index contributed by atoms with van der Waals surface area (Å²) in [5, 5.41) is 2.07. The van der Waals surface area contributed by atoms with Gasteiger partial charge in [-0.3, -0.25) is 9.69 Å². The number of hydrogen-bond donors (Lipinski definition) is 0. The van der Waals surface area contributed by atoms with Gasteiger partial charge in [-0.15, -0.1) is 0 Å². The molecule has 0 saturated carbocycles. The summed E-state index contributed by atoms with van der Waals surface area (Å²) in [6.07, 6.45) is 1.87. The predicted octanol–water partition coefficient (Wildman–Crippen LogP) is 7.59. The first-order valence-electron chi connectivity index (χ1n) is 10.3. The van der Waals surface area contributed by atoms with E-state index in [1.807, 2.05) is 97.1 Å². The van der Waals surface area contributed by atoms with Gasteiger partial charge < -0.3 is 4.74 Å². The van der Waals surface area contributed by atoms with E-state index in [0.29, 0.717) is 15.8 Å². The average Bonchev–Trinajstić information content (AvgIpc) is 3.11. The van der Waals surface area contributed by atoms with E-state index in [-0.39, 0.29) is 5.91 Å². The Labute approximate surface area is 210 Å². The summed E-state index contributed by atoms with van der Waals surface area (Å²) >= 11 is 10.5. The van der Waals surface area contributed by atoms with Crippen molar-refractivity contribution in [1.82, 2.24) is 0 Å². The summed E-state index contributed by atoms with van der Waals surface area (Å²) in [7, 11) is 0. The van der Waals surface area contributed by atoms with Gasteiger partial charge in [0.2, 0.25) is 0 Å². The Kier molecular flexibility index (Phi) is 6.31. The van der Waals surface area contributed by atoms with Crippen LogP contribution in [-0.4, -0.2) is 10.2 Å². The van der Waals surface area contributed by atoms with Crippen LogP contribution in [0.15, 0.2) is 100 Å². The number of thiocarbonyl (C=S) groups is 1. The molecular formula is C27H18BrNO2S2. The van der Waals surface area contributed by atoms with Crippen LogP contribution in [0.25, 0.3) is 16.8 Å². The fourth-order valence-corrected chi connectivity index (χ4v) is 5.49. The number of rotatable bonds is 5. The van der Waals surface area contributed by atoms with Gasteiger partial charge in [-0.25, -0.2) is 0 Å². The largest absolute Gasteiger partial charge is 0.488 e. The van der Waals surface area contributed by atoms with Crippen LogP contribution < -0.4 is 9.64 Å². The van der Waals surface area contributed by atoms with Crippen molar-refractivity contribution < 1.29 is 9.53 Å². The van der Waals surface area contributed by atoms with Gasteiger partial charge in [0.05, 0.1) is 15.1 Å². The average molecular weight is 532 g/mol. The normalized spacial score (nSPS) is 14.9. The molecule has 0 aliphatic carbocycles. The number of benzene rings is 4. The fraction of sp³-hybridized carbons (Fsp3) is 0.0370. The summed E-state index contributed by atoms with van der Waals surface area (Å²) in [5.41, 5.74) is 2.81. The molecule has 4 aromatic rings. The first-order chi connectivity index (χ1) is 16.1. The summed E-state index contributed by atoms with van der Waals surface area (Å²) in [6, 6.07) is 29.7. The number of amides is 1. The number of thioether (sulfide) groups is 1. The minimum absolute atomic E-state index is 0.109. The number of anilines is 1. The highest BCUT2D eigenvalue weighted by molar-refractivity contribution is 9.10. The molecule has 1 saturated heterocycles. The fourth-order valence-electron chi connectivity index (χ4n) is 3.69. The number of nitrogens with zero attached hydrogens (tertiary/aromatic N) is 1. The Morgan fingerprint density at radius 2 is 1.70 bits per heavy atom. The van der Waals surface area contributed by atoms with Gasteiger partial charge in [-0.1, -0.05) is 96.8 Å². The maximum atomic E-state index is 13.3. The highest BCUT2D eigenvalue weighted by atomic mass is 79.9. The van der Waals surface area contributed by atoms with Crippen molar-refractivity contribution in [3.05, 3.63) is 112 Å². The third kappa shape index (κ3) is 4.60. The Morgan fingerprint density at radius 1 is 0.939 bits per heavy atom. The third-order valence-corrected chi connectivity index (χ3v) is 7.21. The summed E-state index contributed by atoms with van der Waals surface area (Å²) in [6.45, 7) is 0.489. The molecule has 1 fully saturated rings. The van der Waals surface area contributed by atoms with E-state index < -0.39 is 0 Å². The molecule has 0 unspecified atom stereocenters. The van der Waals surface area contributed by atoms with Gasteiger partial charge in [0.15, 0.2) is 4.32 Å². The Hall–Kier alpha value is -2.93. The summed E-state index contributed by atoms with van der Waals surface area (Å²) < 4.78 is 7.30. The van der Waals surface area contributed by atoms with Crippen LogP contribution in [0.4, 0.5) is 5.69 Å². The van der Waals surface area contributed by atoms with Gasteiger partial charge in [-0.2, -0.15) is 0 Å². The molecule has 0 radical (unpaired) electrons. The van der Waals surface area contributed by atoms with Gasteiger partial charge >= 0.3 is 0 Å². The van der Waals surface area contributed by atoms with Crippen molar-refractivity contribution >= 4 is 72.7 Å². The maximum Gasteiger partial charge on any atom is 0.270 e. The molecule has 6 heteroatoms. The lowest BCUT2D eigenvalue weighted by Crippen LogP contribution is -2.27. The zero-order valence-corrected chi connectivity index (χ0v) is 20.6. The van der Waals surface area contributed by atoms with Crippen molar-refractivity contribution in [2.45, 2.75) is 6.61 Å². The SMILES string of the molecule is O=C1/C(=C/c2ccc(OCc3ccccc3)c(Br)c2)SC(=S)N1c1cccc2ccccc12. The van der Waals surface area contributed by atoms with Crippen molar-refractivity contribution in [3.8, 4) is 5.75 Å². The van der Waals surface area contributed by atoms with Crippen molar-refractivity contribution in [2.75, 3.05) is 4.90 Å². The van der Waals surface area contributed by atoms with E-state index in [2.05, 4.69) is 15.9 Å². The zero-order valence-electron chi connectivity index (χ0n) is 17.4. The van der Waals surface area contributed by atoms with E-state index in [1.165, 1.54) is 11.8 Å². The third-order valence-electron chi connectivity index (χ3n) is 5.29. The van der Waals surface area contributed by atoms with Gasteiger partial charge in [0, 0.05) is 5.39 Å². The van der Waals surface area contributed by atoms with Gasteiger partial charge in [0.1, 0.15) is 12.4 Å². The predicted molar refractivity (Wildman–Crippen MR) is 145 cm³/mol. The smallest absolute Gasteiger partial charge is 0.270 e. The molecule has 0 N–H and O–H groups in total. The molecule has 0 spiro atoms. The number of carbonyl (C=O) groups is 1. The minimum Gasteiger partial charge on any atom is -0.488 e. The number of carbonyl (C=O) groups excluding carboxylic acids is 1. The van der Waals surface area contributed by atoms with Crippen LogP contribution >= 0.6 is 39.9 Å². The first kappa shape index (κ1) is 21.9. The lowest BCUT2D eigenvalue weighted by Gasteiger charge is -2.17. The molecule has 33 heavy (non-hydrogen) atoms. The van der Waals surface area contributed by atoms with E-state index in [4.69, 9.17) is 17.0 Å². The highest BCUT2D eigenvalue weighted by Crippen LogP contribution is 2.39. The van der Waals surface area contributed by atoms with Crippen LogP contribution in [0.2, 0.25) is 0 Å². The number of fused-ring (bicyclic) bond motifs is 1. The van der Waals surface area contributed by atoms with Crippen molar-refractivity contribution in [2.24, 2.45) is 0 Å². The zero-order chi connectivity index (χ0) is 22.8. The molecule has 1 aliphatic rings. The molecule has 5 rings (SSSR count). The summed E-state index contributed by atoms with van der Waals surface area (Å²) in [4.78, 5) is 15.5. The first-order valence-corrected chi connectivity index (χ1v) is 12.3. The molecular weight excluding hydrogens is 514 g/mol. The standard InChI is InChI=1S/C27H18BrNO2S2/c28-22-15-19(13-14-24(22)31-17-18-7-2-1-3-8-18)16-25-26(30)29(27(32)33-25)23-12-6-10-20-9-4-5-11-21(20)23/h1-16H,17H2/b25-16-. The van der Waals surface area contributed by atoms with Crippen molar-refractivity contribution in [3.63, 3.8) is 0 Å². The maximum absolute atomic E-state index is 13.3. The molecule has 0 atom stereocenters. The second-order valence-electron chi connectivity index (χ2n) is 7.48. The topological polar surface area (TPSA) is 29.5 Å². The van der Waals surface area contributed by atoms with Crippen LogP contribution in [-0.2, 0) is 11.4 Å². The number of ether oxygens (including phenoxy) is 1. The minimum atomic E-state index is -0.109. The quantitative estimate of drug-likeness (QED) is 0.196. The molecule has 3 nitrogen and oxygen atoms in total. The number of halogens is 1. The monoisotopic (exact) mass is 531 g/mol. The van der Waals surface area contributed by atoms with E-state index >= 15 is 0 Å². The molecule has 1 amide bonds. The summed E-state index contributed by atoms with van der Waals surface area (Å²) in [5.74, 6) is 0.640. The lowest BCUT2D eigenvalue weighted by atomic mass is 10.1. The molecule has 4 aromatic carbocycles. The molecule has 162 valence electrons. The number of hydrogen-bond acceptors (Lipinski definition) is 4. The van der Waals surface area contributed by atoms with Gasteiger partial charge in [0.25, 0.3) is 5.91 Å². The van der Waals surface area contributed by atoms with E-state index in [0.717, 1.165) is 37.8 Å². The Morgan fingerprint density at radius 3 is 2.52 bits per heavy atom. The second kappa shape index (κ2) is 9.51. The molecule has 0 aromatic heterocycles. The second-order valence-corrected chi connectivity index (χ2v) is 10.0. The molecule has 1 aliphatic heterocycles. The molecule has 0 bridgehead atoms. The molecule has 1 heterocycles. The van der Waals surface area contributed by atoms with Crippen LogP contribution in [0.1, 0.15) is 11.1 Å². The van der Waals surface area contributed by atoms with Gasteiger partial charge in [-0.05, 0) is 56.7 Å². The van der Waals surface area contributed by atoms with Crippen LogP contribution in [0, 0.1) is 0 Å². The van der Waals surface area contributed by atoms with E-state index in [1.54, 1.807) is 4.90 Å². The van der Waals surface area contributed by atoms with Crippen LogP contribution in [0.5, 0.6) is 5.75 Å². The Balaban J connectivity index is 1.38. The van der Waals surface area contributed by atoms with Crippen molar-refractivity contribution in [1.29, 1.82) is 0 Å². The highest BCUT2D eigenvalue weighted by Gasteiger charge is 2.34. The lowest BCUT2D eigenvalue weighted by molar-refractivity contribution is -0.113. The Bertz CT molecular complexity index is 1400.